The van der Waals surface area contributed by atoms with E-state index in [4.69, 9.17) is 7.85 Å². The Morgan fingerprint density at radius 1 is 0.971 bits per heavy atom. The standard InChI is InChI=1S/C27H24BN5O2/c28-22-17-31-33-25(16-23(32-26(22)33)21-11-3-4-13-24(21)34)29-14-5-6-15-30-27(35)20-12-7-9-18-8-1-2-10-19(18)20/h1-4,7-13,16-17,29,34H,5-6,14-15H2,(H,30,35). The van der Waals surface area contributed by atoms with Crippen molar-refractivity contribution in [2.24, 2.45) is 0 Å². The molecule has 2 aromatic heterocycles. The fourth-order valence-electron chi connectivity index (χ4n) is 4.12. The lowest BCUT2D eigenvalue weighted by atomic mass is 10.0. The minimum atomic E-state index is -0.0649. The summed E-state index contributed by atoms with van der Waals surface area (Å²) in [7, 11) is 6.06. The van der Waals surface area contributed by atoms with Gasteiger partial charge in [0.25, 0.3) is 5.91 Å². The molecule has 0 aliphatic heterocycles. The second-order valence-electron chi connectivity index (χ2n) is 8.30. The largest absolute Gasteiger partial charge is 0.507 e. The van der Waals surface area contributed by atoms with Crippen LogP contribution in [-0.4, -0.2) is 46.5 Å². The van der Waals surface area contributed by atoms with Gasteiger partial charge < -0.3 is 15.7 Å². The van der Waals surface area contributed by atoms with E-state index in [1.165, 1.54) is 0 Å². The van der Waals surface area contributed by atoms with Crippen molar-refractivity contribution in [1.82, 2.24) is 19.9 Å². The number of carbonyl (C=O) groups excluding carboxylic acids is 1. The van der Waals surface area contributed by atoms with Gasteiger partial charge in [-0.25, -0.2) is 4.98 Å². The SMILES string of the molecule is [B]c1cnn2c(NCCCCNC(=O)c3cccc4ccccc34)cc(-c3ccccc3O)nc12. The predicted molar refractivity (Wildman–Crippen MR) is 139 cm³/mol. The number of nitrogens with zero attached hydrogens (tertiary/aromatic N) is 3. The van der Waals surface area contributed by atoms with Gasteiger partial charge in [0.2, 0.25) is 0 Å². The van der Waals surface area contributed by atoms with Crippen LogP contribution >= 0.6 is 0 Å². The van der Waals surface area contributed by atoms with Crippen LogP contribution < -0.4 is 16.1 Å². The number of unbranched alkanes of at least 4 members (excludes halogenated alkanes) is 1. The van der Waals surface area contributed by atoms with Crippen LogP contribution in [0.4, 0.5) is 5.82 Å². The molecular formula is C27H24BN5O2. The van der Waals surface area contributed by atoms with E-state index in [0.29, 0.717) is 41.0 Å². The minimum Gasteiger partial charge on any atom is -0.507 e. The highest BCUT2D eigenvalue weighted by Crippen LogP contribution is 2.29. The van der Waals surface area contributed by atoms with Crippen molar-refractivity contribution in [3.63, 3.8) is 0 Å². The highest BCUT2D eigenvalue weighted by Gasteiger charge is 2.13. The molecule has 5 aromatic rings. The normalized spacial score (nSPS) is 11.1. The highest BCUT2D eigenvalue weighted by atomic mass is 16.3. The number of benzene rings is 3. The molecule has 0 aliphatic rings. The Kier molecular flexibility index (Phi) is 6.35. The number of para-hydroxylation sites is 1. The van der Waals surface area contributed by atoms with E-state index in [9.17, 15) is 9.90 Å². The number of anilines is 1. The molecule has 3 aromatic carbocycles. The number of nitrogens with one attached hydrogen (secondary N) is 2. The summed E-state index contributed by atoms with van der Waals surface area (Å²) in [6.07, 6.45) is 3.21. The van der Waals surface area contributed by atoms with E-state index in [0.717, 1.165) is 29.4 Å². The fraction of sp³-hybridized carbons (Fsp3) is 0.148. The maximum atomic E-state index is 12.7. The van der Waals surface area contributed by atoms with Gasteiger partial charge in [-0.2, -0.15) is 9.61 Å². The lowest BCUT2D eigenvalue weighted by molar-refractivity contribution is 0.0954. The topological polar surface area (TPSA) is 91.5 Å². The second kappa shape index (κ2) is 9.89. The number of hydrogen-bond donors (Lipinski definition) is 3. The molecule has 2 heterocycles. The first-order valence-corrected chi connectivity index (χ1v) is 11.5. The predicted octanol–water partition coefficient (Wildman–Crippen LogP) is 3.67. The molecule has 0 aliphatic carbocycles. The fourth-order valence-corrected chi connectivity index (χ4v) is 4.12. The second-order valence-corrected chi connectivity index (χ2v) is 8.30. The van der Waals surface area contributed by atoms with Gasteiger partial charge in [0, 0.05) is 36.5 Å². The molecule has 0 atom stereocenters. The Labute approximate surface area is 204 Å². The van der Waals surface area contributed by atoms with Crippen LogP contribution in [0, 0.1) is 0 Å². The molecule has 1 amide bonds. The molecule has 8 heteroatoms. The zero-order chi connectivity index (χ0) is 24.2. The van der Waals surface area contributed by atoms with Crippen LogP contribution in [0.3, 0.4) is 0 Å². The molecule has 0 fully saturated rings. The number of amides is 1. The Balaban J connectivity index is 1.20. The molecule has 0 bridgehead atoms. The zero-order valence-electron chi connectivity index (χ0n) is 19.1. The summed E-state index contributed by atoms with van der Waals surface area (Å²) in [6.45, 7) is 1.25. The summed E-state index contributed by atoms with van der Waals surface area (Å²) in [5.74, 6) is 0.810. The Morgan fingerprint density at radius 3 is 2.63 bits per heavy atom. The average molecular weight is 461 g/mol. The minimum absolute atomic E-state index is 0.0649. The molecule has 7 nitrogen and oxygen atoms in total. The van der Waals surface area contributed by atoms with E-state index < -0.39 is 0 Å². The summed E-state index contributed by atoms with van der Waals surface area (Å²) in [5, 5.41) is 23.0. The van der Waals surface area contributed by atoms with Gasteiger partial charge in [0.15, 0.2) is 5.65 Å². The number of aromatic nitrogens is 3. The maximum Gasteiger partial charge on any atom is 0.251 e. The Hall–Kier alpha value is -4.33. The van der Waals surface area contributed by atoms with Gasteiger partial charge in [0.05, 0.1) is 5.69 Å². The third kappa shape index (κ3) is 4.68. The van der Waals surface area contributed by atoms with Crippen LogP contribution in [0.2, 0.25) is 0 Å². The van der Waals surface area contributed by atoms with Crippen LogP contribution in [0.5, 0.6) is 5.75 Å². The van der Waals surface area contributed by atoms with Crippen molar-refractivity contribution in [3.05, 3.63) is 84.6 Å². The van der Waals surface area contributed by atoms with Gasteiger partial charge in [0.1, 0.15) is 19.4 Å². The van der Waals surface area contributed by atoms with Crippen LogP contribution in [0.15, 0.2) is 79.0 Å². The molecule has 35 heavy (non-hydrogen) atoms. The van der Waals surface area contributed by atoms with Crippen LogP contribution in [0.25, 0.3) is 27.7 Å². The summed E-state index contributed by atoms with van der Waals surface area (Å²) < 4.78 is 1.65. The summed E-state index contributed by atoms with van der Waals surface area (Å²) in [4.78, 5) is 17.3. The van der Waals surface area contributed by atoms with E-state index in [1.807, 2.05) is 60.7 Å². The quantitative estimate of drug-likeness (QED) is 0.242. The van der Waals surface area contributed by atoms with Gasteiger partial charge in [-0.05, 0) is 47.3 Å². The van der Waals surface area contributed by atoms with Crippen molar-refractivity contribution >= 4 is 41.5 Å². The van der Waals surface area contributed by atoms with Gasteiger partial charge >= 0.3 is 0 Å². The van der Waals surface area contributed by atoms with Gasteiger partial charge in [-0.15, -0.1) is 0 Å². The van der Waals surface area contributed by atoms with Crippen molar-refractivity contribution in [1.29, 1.82) is 0 Å². The number of rotatable bonds is 8. The van der Waals surface area contributed by atoms with E-state index >= 15 is 0 Å². The van der Waals surface area contributed by atoms with Crippen molar-refractivity contribution in [2.45, 2.75) is 12.8 Å². The van der Waals surface area contributed by atoms with Crippen molar-refractivity contribution in [3.8, 4) is 17.0 Å². The van der Waals surface area contributed by atoms with Gasteiger partial charge in [-0.1, -0.05) is 48.5 Å². The van der Waals surface area contributed by atoms with E-state index in [1.54, 1.807) is 22.8 Å². The van der Waals surface area contributed by atoms with Crippen LogP contribution in [0.1, 0.15) is 23.2 Å². The zero-order valence-corrected chi connectivity index (χ0v) is 19.1. The molecule has 5 rings (SSSR count). The van der Waals surface area contributed by atoms with Crippen molar-refractivity contribution in [2.75, 3.05) is 18.4 Å². The number of phenolic OH excluding ortho intramolecular Hbond substituents is 1. The number of aromatic hydroxyl groups is 1. The number of carbonyl (C=O) groups is 1. The average Bonchev–Trinajstić information content (AvgIpc) is 3.26. The summed E-state index contributed by atoms with van der Waals surface area (Å²) >= 11 is 0. The first-order valence-electron chi connectivity index (χ1n) is 11.5. The number of phenols is 1. The molecule has 0 spiro atoms. The van der Waals surface area contributed by atoms with Crippen LogP contribution in [-0.2, 0) is 0 Å². The smallest absolute Gasteiger partial charge is 0.251 e. The third-order valence-corrected chi connectivity index (χ3v) is 5.91. The molecular weight excluding hydrogens is 437 g/mol. The lowest BCUT2D eigenvalue weighted by Crippen LogP contribution is -2.25. The first kappa shape index (κ1) is 22.5. The molecule has 0 saturated heterocycles. The number of fused-ring (bicyclic) bond motifs is 2. The summed E-state index contributed by atoms with van der Waals surface area (Å²) in [6, 6.07) is 22.5. The van der Waals surface area contributed by atoms with E-state index in [-0.39, 0.29) is 11.7 Å². The lowest BCUT2D eigenvalue weighted by Gasteiger charge is -2.12. The Bertz CT molecular complexity index is 1510. The molecule has 3 N–H and O–H groups in total. The molecule has 2 radical (unpaired) electrons. The third-order valence-electron chi connectivity index (χ3n) is 5.91. The molecule has 0 saturated carbocycles. The molecule has 172 valence electrons. The number of hydrogen-bond acceptors (Lipinski definition) is 5. The maximum absolute atomic E-state index is 12.7. The Morgan fingerprint density at radius 2 is 1.74 bits per heavy atom. The molecule has 0 unspecified atom stereocenters. The summed E-state index contributed by atoms with van der Waals surface area (Å²) in [5.41, 5.74) is 2.90. The highest BCUT2D eigenvalue weighted by molar-refractivity contribution is 6.36. The van der Waals surface area contributed by atoms with E-state index in [2.05, 4.69) is 20.7 Å². The van der Waals surface area contributed by atoms with Crippen molar-refractivity contribution < 1.29 is 9.90 Å². The monoisotopic (exact) mass is 461 g/mol. The first-order chi connectivity index (χ1) is 17.1. The van der Waals surface area contributed by atoms with Gasteiger partial charge in [-0.3, -0.25) is 4.79 Å².